The minimum absolute atomic E-state index is 0.148. The molecule has 14 atom stereocenters. The third kappa shape index (κ3) is 6.40. The van der Waals surface area contributed by atoms with Gasteiger partial charge in [0.25, 0.3) is 11.1 Å². The van der Waals surface area contributed by atoms with Gasteiger partial charge in [-0.05, 0) is 0 Å². The number of aromatic nitrogens is 8. The number of fused-ring (bicyclic) bond motifs is 4. The van der Waals surface area contributed by atoms with Crippen LogP contribution in [0.2, 0.25) is 0 Å². The van der Waals surface area contributed by atoms with E-state index in [0.29, 0.717) is 0 Å². The molecule has 0 radical (unpaired) electrons. The predicted molar refractivity (Wildman–Crippen MR) is 169 cm³/mol. The van der Waals surface area contributed by atoms with E-state index >= 15 is 0 Å². The molecule has 0 saturated carbocycles. The van der Waals surface area contributed by atoms with Gasteiger partial charge in [-0.3, -0.25) is 41.8 Å². The van der Waals surface area contributed by atoms with Crippen molar-refractivity contribution in [3.05, 3.63) is 39.2 Å². The van der Waals surface area contributed by atoms with Crippen LogP contribution < -0.4 is 16.9 Å². The number of imidazole rings is 2. The van der Waals surface area contributed by atoms with Crippen molar-refractivity contribution in [2.75, 3.05) is 25.6 Å². The van der Waals surface area contributed by atoms with Gasteiger partial charge in [0.1, 0.15) is 66.9 Å². The SMILES string of the molecule is Nc1nc2c(ncn2[C@H]2O[C@H]3COP(=O)(O)O[C@H]4[C@@H](O)[C@H](c5nc6c(ncn6[C@@H]6O[C@H](CO)[C@@H](O)[C@H]6O)c(=O)[nH]5)O[C@@H]4COP(=O)(O)O[C@@H]3[C@@H]2O)c(=O)[nH]1. The van der Waals surface area contributed by atoms with Crippen LogP contribution in [0.15, 0.2) is 22.2 Å². The number of phosphoric acid groups is 2. The molecule has 4 aromatic heterocycles. The Morgan fingerprint density at radius 3 is 1.89 bits per heavy atom. The first-order valence-corrected chi connectivity index (χ1v) is 18.8. The standard InChI is InChI=1S/C25H31N9O18P2/c26-25-31-20-10(22(41)32-25)28-5-34(20)24-14(39)16-8(50-24)3-47-53(42,43)51-15-7(2-46-54(44,45)52-16)48-17(13(15)38)18-29-19-9(21(40)30-18)27-4-33(19)23-12(37)11(36)6(1-35)49-23/h4-8,11-17,23-24,35-39H,1-3H2,(H,42,43)(H,44,45)(H,29,30,40)(H3,26,31,32,41)/t6-,7-,8+,11-,12-,13-,14+,15-,16+,17-,23-,24+/m1/s1. The smallest absolute Gasteiger partial charge is 0.394 e. The molecule has 0 aromatic carbocycles. The van der Waals surface area contributed by atoms with Crippen LogP contribution in [0.4, 0.5) is 5.95 Å². The molecule has 8 heterocycles. The van der Waals surface area contributed by atoms with E-state index < -0.39 is 126 Å². The second kappa shape index (κ2) is 13.6. The van der Waals surface area contributed by atoms with Crippen molar-refractivity contribution in [2.45, 2.75) is 73.5 Å². The number of aromatic amines is 2. The molecule has 8 rings (SSSR count). The van der Waals surface area contributed by atoms with E-state index in [2.05, 4.69) is 29.9 Å². The van der Waals surface area contributed by atoms with Crippen LogP contribution in [-0.4, -0.2) is 149 Å². The third-order valence-electron chi connectivity index (χ3n) is 9.19. The van der Waals surface area contributed by atoms with Gasteiger partial charge in [-0.1, -0.05) is 0 Å². The molecular weight excluding hydrogens is 776 g/mol. The zero-order valence-corrected chi connectivity index (χ0v) is 28.8. The molecule has 2 unspecified atom stereocenters. The maximum Gasteiger partial charge on any atom is 0.472 e. The Morgan fingerprint density at radius 1 is 0.759 bits per heavy atom. The van der Waals surface area contributed by atoms with E-state index in [1.54, 1.807) is 0 Å². The summed E-state index contributed by atoms with van der Waals surface area (Å²) >= 11 is 0. The molecule has 0 aliphatic carbocycles. The molecule has 294 valence electrons. The normalized spacial score (nSPS) is 40.4. The molecule has 27 nitrogen and oxygen atoms in total. The number of ether oxygens (including phenoxy) is 3. The maximum atomic E-state index is 13.3. The lowest BCUT2D eigenvalue weighted by Crippen LogP contribution is -2.39. The summed E-state index contributed by atoms with van der Waals surface area (Å²) in [6.07, 6.45) is -17.4. The fraction of sp³-hybridized carbons (Fsp3) is 0.600. The molecule has 11 N–H and O–H groups in total. The molecule has 4 aliphatic rings. The number of nitrogens with zero attached hydrogens (tertiary/aromatic N) is 6. The summed E-state index contributed by atoms with van der Waals surface area (Å²) in [7, 11) is -10.4. The van der Waals surface area contributed by atoms with Crippen molar-refractivity contribution in [3.63, 3.8) is 0 Å². The van der Waals surface area contributed by atoms with E-state index in [1.165, 1.54) is 0 Å². The minimum atomic E-state index is -5.21. The number of H-pyrrole nitrogens is 2. The van der Waals surface area contributed by atoms with Crippen LogP contribution in [0.3, 0.4) is 0 Å². The number of anilines is 1. The molecule has 0 amide bonds. The van der Waals surface area contributed by atoms with Crippen molar-refractivity contribution in [1.82, 2.24) is 39.0 Å². The fourth-order valence-electron chi connectivity index (χ4n) is 6.65. The number of aliphatic hydroxyl groups excluding tert-OH is 5. The Labute approximate surface area is 298 Å². The molecule has 4 aliphatic heterocycles. The summed E-state index contributed by atoms with van der Waals surface area (Å²) in [6.45, 7) is -2.54. The van der Waals surface area contributed by atoms with Gasteiger partial charge in [0.05, 0.1) is 32.5 Å². The van der Waals surface area contributed by atoms with Gasteiger partial charge in [-0.2, -0.15) is 4.98 Å². The highest BCUT2D eigenvalue weighted by Crippen LogP contribution is 2.54. The number of phosphoric ester groups is 2. The van der Waals surface area contributed by atoms with E-state index in [-0.39, 0.29) is 28.3 Å². The van der Waals surface area contributed by atoms with Gasteiger partial charge in [0, 0.05) is 0 Å². The summed E-state index contributed by atoms with van der Waals surface area (Å²) in [5, 5.41) is 52.8. The first kappa shape index (κ1) is 37.3. The van der Waals surface area contributed by atoms with Crippen LogP contribution in [-0.2, 0) is 41.4 Å². The molecular formula is C25H31N9O18P2. The van der Waals surface area contributed by atoms with Gasteiger partial charge in [-0.25, -0.2) is 24.1 Å². The summed E-state index contributed by atoms with van der Waals surface area (Å²) in [5.74, 6) is -0.712. The minimum Gasteiger partial charge on any atom is -0.394 e. The first-order chi connectivity index (χ1) is 25.6. The van der Waals surface area contributed by atoms with E-state index in [0.717, 1.165) is 21.8 Å². The van der Waals surface area contributed by atoms with Gasteiger partial charge < -0.3 is 60.2 Å². The molecule has 4 aromatic rings. The van der Waals surface area contributed by atoms with Gasteiger partial charge in [-0.15, -0.1) is 0 Å². The van der Waals surface area contributed by atoms with Gasteiger partial charge in [0.15, 0.2) is 34.8 Å². The highest BCUT2D eigenvalue weighted by molar-refractivity contribution is 7.47. The second-order valence-electron chi connectivity index (χ2n) is 12.6. The highest BCUT2D eigenvalue weighted by atomic mass is 31.2. The molecule has 4 saturated heterocycles. The monoisotopic (exact) mass is 807 g/mol. The lowest BCUT2D eigenvalue weighted by Gasteiger charge is -2.28. The predicted octanol–water partition coefficient (Wildman–Crippen LogP) is -4.48. The zero-order chi connectivity index (χ0) is 38.4. The number of nitrogens with two attached hydrogens (primary N) is 1. The number of aliphatic hydroxyl groups is 5. The Kier molecular flexibility index (Phi) is 9.37. The van der Waals surface area contributed by atoms with Gasteiger partial charge >= 0.3 is 15.6 Å². The lowest BCUT2D eigenvalue weighted by molar-refractivity contribution is -0.0629. The Hall–Kier alpha value is -3.60. The van der Waals surface area contributed by atoms with Crippen molar-refractivity contribution < 1.29 is 76.8 Å². The van der Waals surface area contributed by atoms with Crippen LogP contribution in [0.5, 0.6) is 0 Å². The Bertz CT molecular complexity index is 2300. The lowest BCUT2D eigenvalue weighted by atomic mass is 10.1. The van der Waals surface area contributed by atoms with Crippen molar-refractivity contribution in [3.8, 4) is 0 Å². The number of rotatable bonds is 4. The quantitative estimate of drug-likeness (QED) is 0.0869. The molecule has 29 heteroatoms. The van der Waals surface area contributed by atoms with Crippen molar-refractivity contribution in [1.29, 1.82) is 0 Å². The van der Waals surface area contributed by atoms with Crippen LogP contribution in [0.25, 0.3) is 22.3 Å². The average Bonchev–Trinajstić information content (AvgIpc) is 3.91. The summed E-state index contributed by atoms with van der Waals surface area (Å²) in [6, 6.07) is 0. The fourth-order valence-corrected chi connectivity index (χ4v) is 8.58. The second-order valence-corrected chi connectivity index (χ2v) is 15.4. The maximum absolute atomic E-state index is 13.3. The Morgan fingerprint density at radius 2 is 1.30 bits per heavy atom. The molecule has 54 heavy (non-hydrogen) atoms. The zero-order valence-electron chi connectivity index (χ0n) is 27.0. The average molecular weight is 808 g/mol. The summed E-state index contributed by atoms with van der Waals surface area (Å²) < 4.78 is 66.5. The van der Waals surface area contributed by atoms with Crippen LogP contribution >= 0.6 is 15.6 Å². The Balaban J connectivity index is 1.06. The summed E-state index contributed by atoms with van der Waals surface area (Å²) in [4.78, 5) is 67.5. The van der Waals surface area contributed by atoms with Crippen LogP contribution in [0, 0.1) is 0 Å². The number of hydrogen-bond acceptors (Lipinski definition) is 21. The third-order valence-corrected chi connectivity index (χ3v) is 11.2. The first-order valence-electron chi connectivity index (χ1n) is 15.9. The van der Waals surface area contributed by atoms with Gasteiger partial charge in [0.2, 0.25) is 5.95 Å². The number of hydrogen-bond donors (Lipinski definition) is 10. The molecule has 0 bridgehead atoms. The topological polar surface area (TPSA) is 394 Å². The molecule has 0 spiro atoms. The van der Waals surface area contributed by atoms with E-state index in [4.69, 9.17) is 38.0 Å². The number of nitrogen functional groups attached to an aromatic ring is 1. The largest absolute Gasteiger partial charge is 0.472 e. The number of nitrogens with one attached hydrogen (secondary N) is 2. The van der Waals surface area contributed by atoms with Crippen LogP contribution in [0.1, 0.15) is 24.4 Å². The van der Waals surface area contributed by atoms with E-state index in [1.807, 2.05) is 0 Å². The van der Waals surface area contributed by atoms with Crippen molar-refractivity contribution >= 4 is 43.9 Å². The van der Waals surface area contributed by atoms with Crippen molar-refractivity contribution in [2.24, 2.45) is 0 Å². The summed E-state index contributed by atoms with van der Waals surface area (Å²) in [5.41, 5.74) is 3.20. The van der Waals surface area contributed by atoms with E-state index in [9.17, 15) is 54.0 Å². The highest BCUT2D eigenvalue weighted by Gasteiger charge is 2.54. The molecule has 4 fully saturated rings.